The second-order valence-electron chi connectivity index (χ2n) is 10.0. The summed E-state index contributed by atoms with van der Waals surface area (Å²) in [4.78, 5) is 13.5. The molecule has 2 unspecified atom stereocenters. The number of rotatable bonds is 6. The van der Waals surface area contributed by atoms with Crippen molar-refractivity contribution in [1.82, 2.24) is 15.1 Å². The SMILES string of the molecule is CC(NC(=O)C1CCCc2c1nn(Cc1ccccc1)c2-c1cccc(F)c1)C1CCCCC1. The van der Waals surface area contributed by atoms with Crippen LogP contribution in [0.25, 0.3) is 11.3 Å². The van der Waals surface area contributed by atoms with Crippen molar-refractivity contribution >= 4 is 5.91 Å². The lowest BCUT2D eigenvalue weighted by molar-refractivity contribution is -0.124. The Balaban J connectivity index is 1.48. The number of nitrogens with zero attached hydrogens (tertiary/aromatic N) is 2. The van der Waals surface area contributed by atoms with Crippen LogP contribution in [0.3, 0.4) is 0 Å². The Kier molecular flexibility index (Phi) is 6.80. The van der Waals surface area contributed by atoms with Crippen molar-refractivity contribution in [1.29, 1.82) is 0 Å². The fraction of sp³-hybridized carbons (Fsp3) is 0.448. The summed E-state index contributed by atoms with van der Waals surface area (Å²) in [5, 5.41) is 8.35. The second kappa shape index (κ2) is 10.1. The first-order valence-electron chi connectivity index (χ1n) is 12.8. The van der Waals surface area contributed by atoms with Gasteiger partial charge in [-0.15, -0.1) is 0 Å². The van der Waals surface area contributed by atoms with E-state index in [2.05, 4.69) is 24.4 Å². The highest BCUT2D eigenvalue weighted by Crippen LogP contribution is 2.38. The lowest BCUT2D eigenvalue weighted by atomic mass is 9.83. The molecule has 0 saturated heterocycles. The molecule has 2 aromatic carbocycles. The van der Waals surface area contributed by atoms with Crippen LogP contribution in [0.1, 0.15) is 74.6 Å². The summed E-state index contributed by atoms with van der Waals surface area (Å²) in [6, 6.07) is 17.1. The van der Waals surface area contributed by atoms with Crippen molar-refractivity contribution in [2.45, 2.75) is 76.8 Å². The first kappa shape index (κ1) is 22.8. The van der Waals surface area contributed by atoms with E-state index in [1.165, 1.54) is 38.2 Å². The lowest BCUT2D eigenvalue weighted by Crippen LogP contribution is -2.42. The summed E-state index contributed by atoms with van der Waals surface area (Å²) in [5.74, 6) is 0.151. The van der Waals surface area contributed by atoms with Gasteiger partial charge in [0, 0.05) is 17.2 Å². The molecule has 0 aliphatic heterocycles. The number of benzene rings is 2. The highest BCUT2D eigenvalue weighted by Gasteiger charge is 2.34. The van der Waals surface area contributed by atoms with Crippen LogP contribution in [0.15, 0.2) is 54.6 Å². The van der Waals surface area contributed by atoms with Gasteiger partial charge < -0.3 is 5.32 Å². The van der Waals surface area contributed by atoms with E-state index in [1.54, 1.807) is 12.1 Å². The van der Waals surface area contributed by atoms with Gasteiger partial charge in [-0.25, -0.2) is 4.39 Å². The molecule has 4 nitrogen and oxygen atoms in total. The van der Waals surface area contributed by atoms with Crippen LogP contribution in [-0.4, -0.2) is 21.7 Å². The first-order chi connectivity index (χ1) is 16.6. The fourth-order valence-corrected chi connectivity index (χ4v) is 5.83. The average Bonchev–Trinajstić information content (AvgIpc) is 3.23. The minimum Gasteiger partial charge on any atom is -0.353 e. The van der Waals surface area contributed by atoms with E-state index in [-0.39, 0.29) is 23.7 Å². The number of halogens is 1. The zero-order valence-corrected chi connectivity index (χ0v) is 20.0. The Morgan fingerprint density at radius 3 is 2.62 bits per heavy atom. The molecule has 178 valence electrons. The predicted octanol–water partition coefficient (Wildman–Crippen LogP) is 6.24. The van der Waals surface area contributed by atoms with Gasteiger partial charge in [-0.3, -0.25) is 9.48 Å². The van der Waals surface area contributed by atoms with Crippen LogP contribution < -0.4 is 5.32 Å². The number of nitrogens with one attached hydrogen (secondary N) is 1. The number of carbonyl (C=O) groups excluding carboxylic acids is 1. The van der Waals surface area contributed by atoms with Gasteiger partial charge in [-0.05, 0) is 62.6 Å². The molecule has 2 atom stereocenters. The third-order valence-electron chi connectivity index (χ3n) is 7.65. The van der Waals surface area contributed by atoms with Crippen LogP contribution in [0.5, 0.6) is 0 Å². The van der Waals surface area contributed by atoms with Crippen LogP contribution in [0, 0.1) is 11.7 Å². The Morgan fingerprint density at radius 2 is 1.85 bits per heavy atom. The number of aromatic nitrogens is 2. The quantitative estimate of drug-likeness (QED) is 0.474. The zero-order chi connectivity index (χ0) is 23.5. The van der Waals surface area contributed by atoms with Gasteiger partial charge in [0.15, 0.2) is 0 Å². The maximum Gasteiger partial charge on any atom is 0.229 e. The number of amides is 1. The molecule has 0 spiro atoms. The number of fused-ring (bicyclic) bond motifs is 1. The molecule has 5 rings (SSSR count). The smallest absolute Gasteiger partial charge is 0.229 e. The van der Waals surface area contributed by atoms with Crippen molar-refractivity contribution in [3.05, 3.63) is 77.2 Å². The van der Waals surface area contributed by atoms with Crippen molar-refractivity contribution < 1.29 is 9.18 Å². The third kappa shape index (κ3) is 4.79. The topological polar surface area (TPSA) is 46.9 Å². The standard InChI is InChI=1S/C29H34FN3O/c1-20(22-12-6-3-7-13-22)31-29(34)26-17-9-16-25-27(26)32-33(19-21-10-4-2-5-11-21)28(25)23-14-8-15-24(30)18-23/h2,4-5,8,10-11,14-15,18,20,22,26H,3,6-7,9,12-13,16-17,19H2,1H3,(H,31,34). The van der Waals surface area contributed by atoms with Gasteiger partial charge in [0.25, 0.3) is 0 Å². The van der Waals surface area contributed by atoms with Gasteiger partial charge >= 0.3 is 0 Å². The van der Waals surface area contributed by atoms with Crippen molar-refractivity contribution in [2.24, 2.45) is 5.92 Å². The largest absolute Gasteiger partial charge is 0.353 e. The van der Waals surface area contributed by atoms with E-state index in [0.717, 1.165) is 47.3 Å². The normalized spacial score (nSPS) is 19.4. The molecule has 5 heteroatoms. The van der Waals surface area contributed by atoms with Crippen LogP contribution >= 0.6 is 0 Å². The molecule has 1 aromatic heterocycles. The minimum atomic E-state index is -0.259. The maximum atomic E-state index is 14.2. The van der Waals surface area contributed by atoms with Gasteiger partial charge in [0.2, 0.25) is 5.91 Å². The Hall–Kier alpha value is -2.95. The fourth-order valence-electron chi connectivity index (χ4n) is 5.83. The van der Waals surface area contributed by atoms with E-state index in [0.29, 0.717) is 12.5 Å². The molecule has 34 heavy (non-hydrogen) atoms. The summed E-state index contributed by atoms with van der Waals surface area (Å²) >= 11 is 0. The minimum absolute atomic E-state index is 0.0918. The number of hydrogen-bond donors (Lipinski definition) is 1. The molecule has 1 amide bonds. The van der Waals surface area contributed by atoms with Gasteiger partial charge in [0.05, 0.1) is 23.9 Å². The van der Waals surface area contributed by atoms with Gasteiger partial charge in [0.1, 0.15) is 5.82 Å². The highest BCUT2D eigenvalue weighted by molar-refractivity contribution is 5.85. The first-order valence-corrected chi connectivity index (χ1v) is 12.8. The predicted molar refractivity (Wildman–Crippen MR) is 133 cm³/mol. The van der Waals surface area contributed by atoms with E-state index >= 15 is 0 Å². The summed E-state index contributed by atoms with van der Waals surface area (Å²) in [6.45, 7) is 2.75. The average molecular weight is 460 g/mol. The summed E-state index contributed by atoms with van der Waals surface area (Å²) < 4.78 is 16.2. The third-order valence-corrected chi connectivity index (χ3v) is 7.65. The van der Waals surface area contributed by atoms with Crippen molar-refractivity contribution in [2.75, 3.05) is 0 Å². The highest BCUT2D eigenvalue weighted by atomic mass is 19.1. The van der Waals surface area contributed by atoms with Crippen LogP contribution in [-0.2, 0) is 17.8 Å². The monoisotopic (exact) mass is 459 g/mol. The second-order valence-corrected chi connectivity index (χ2v) is 10.0. The molecule has 0 radical (unpaired) electrons. The molecule has 2 aliphatic rings. The summed E-state index contributed by atoms with van der Waals surface area (Å²) in [6.07, 6.45) is 8.84. The van der Waals surface area contributed by atoms with E-state index in [9.17, 15) is 9.18 Å². The lowest BCUT2D eigenvalue weighted by Gasteiger charge is -2.30. The number of hydrogen-bond acceptors (Lipinski definition) is 2. The van der Waals surface area contributed by atoms with Gasteiger partial charge in [-0.1, -0.05) is 61.7 Å². The van der Waals surface area contributed by atoms with E-state index in [1.807, 2.05) is 28.9 Å². The van der Waals surface area contributed by atoms with Crippen molar-refractivity contribution in [3.63, 3.8) is 0 Å². The van der Waals surface area contributed by atoms with Crippen LogP contribution in [0.4, 0.5) is 4.39 Å². The molecule has 2 aliphatic carbocycles. The molecule has 1 saturated carbocycles. The maximum absolute atomic E-state index is 14.2. The Bertz CT molecular complexity index is 1130. The summed E-state index contributed by atoms with van der Waals surface area (Å²) in [5.41, 5.74) is 4.86. The molecular formula is C29H34FN3O. The van der Waals surface area contributed by atoms with E-state index < -0.39 is 0 Å². The van der Waals surface area contributed by atoms with Crippen LogP contribution in [0.2, 0.25) is 0 Å². The summed E-state index contributed by atoms with van der Waals surface area (Å²) in [7, 11) is 0. The molecular weight excluding hydrogens is 425 g/mol. The molecule has 3 aromatic rings. The number of carbonyl (C=O) groups is 1. The van der Waals surface area contributed by atoms with Crippen molar-refractivity contribution in [3.8, 4) is 11.3 Å². The molecule has 1 fully saturated rings. The molecule has 0 bridgehead atoms. The van der Waals surface area contributed by atoms with Gasteiger partial charge in [-0.2, -0.15) is 5.10 Å². The Morgan fingerprint density at radius 1 is 1.06 bits per heavy atom. The molecule has 1 heterocycles. The Labute approximate surface area is 201 Å². The zero-order valence-electron chi connectivity index (χ0n) is 20.0. The molecule has 1 N–H and O–H groups in total. The van der Waals surface area contributed by atoms with E-state index in [4.69, 9.17) is 5.10 Å².